The Kier molecular flexibility index (Phi) is 7.25. The minimum absolute atomic E-state index is 0.0880. The summed E-state index contributed by atoms with van der Waals surface area (Å²) in [6.45, 7) is 2.08. The van der Waals surface area contributed by atoms with Gasteiger partial charge in [-0.3, -0.25) is 14.4 Å². The summed E-state index contributed by atoms with van der Waals surface area (Å²) in [7, 11) is 0. The van der Waals surface area contributed by atoms with Gasteiger partial charge in [-0.25, -0.2) is 0 Å². The van der Waals surface area contributed by atoms with Crippen LogP contribution in [-0.4, -0.2) is 59.7 Å². The van der Waals surface area contributed by atoms with Crippen LogP contribution in [0.1, 0.15) is 51.3 Å². The number of nitrogens with one attached hydrogen (secondary N) is 1. The van der Waals surface area contributed by atoms with Crippen LogP contribution in [0.5, 0.6) is 0 Å². The van der Waals surface area contributed by atoms with Gasteiger partial charge < -0.3 is 15.1 Å². The maximum Gasteiger partial charge on any atom is 0.416 e. The molecule has 1 atom stereocenters. The van der Waals surface area contributed by atoms with E-state index < -0.39 is 17.8 Å². The van der Waals surface area contributed by atoms with Gasteiger partial charge in [0.25, 0.3) is 11.8 Å². The zero-order chi connectivity index (χ0) is 24.3. The van der Waals surface area contributed by atoms with Crippen LogP contribution < -0.4 is 5.32 Å². The van der Waals surface area contributed by atoms with Gasteiger partial charge in [0.2, 0.25) is 5.91 Å². The fraction of sp³-hybridized carbons (Fsp3) is 0.458. The topological polar surface area (TPSA) is 69.7 Å². The lowest BCUT2D eigenvalue weighted by molar-refractivity contribution is -0.137. The smallest absolute Gasteiger partial charge is 0.341 e. The zero-order valence-corrected chi connectivity index (χ0v) is 19.3. The summed E-state index contributed by atoms with van der Waals surface area (Å²) >= 11 is 1.31. The summed E-state index contributed by atoms with van der Waals surface area (Å²) < 4.78 is 38.4. The van der Waals surface area contributed by atoms with Crippen molar-refractivity contribution in [3.05, 3.63) is 57.8 Å². The minimum atomic E-state index is -4.45. The first-order valence-corrected chi connectivity index (χ1v) is 12.2. The Morgan fingerprint density at radius 2 is 1.59 bits per heavy atom. The van der Waals surface area contributed by atoms with Crippen LogP contribution in [0, 0.1) is 5.92 Å². The highest BCUT2D eigenvalue weighted by atomic mass is 32.1. The summed E-state index contributed by atoms with van der Waals surface area (Å²) in [4.78, 5) is 42.7. The molecule has 3 heterocycles. The number of alkyl halides is 3. The summed E-state index contributed by atoms with van der Waals surface area (Å²) in [6, 6.07) is 7.02. The standard InChI is InChI=1S/C24H26F3N3O3S/c25-24(26,27)18-7-5-17(6-8-18)22(32)30-13-9-16(10-14-30)20(23(33)29-11-1-2-12-29)28-21(31)19-4-3-15-34-19/h3-8,15-16,20H,1-2,9-14H2,(H,28,31)/t20-/m1/s1. The number of nitrogens with zero attached hydrogens (tertiary/aromatic N) is 2. The molecular formula is C24H26F3N3O3S. The van der Waals surface area contributed by atoms with Gasteiger partial charge in [0, 0.05) is 31.7 Å². The van der Waals surface area contributed by atoms with E-state index >= 15 is 0 Å². The monoisotopic (exact) mass is 493 g/mol. The molecule has 2 aromatic rings. The van der Waals surface area contributed by atoms with Gasteiger partial charge >= 0.3 is 6.18 Å². The number of halogens is 3. The van der Waals surface area contributed by atoms with E-state index in [2.05, 4.69) is 5.32 Å². The lowest BCUT2D eigenvalue weighted by Gasteiger charge is -2.37. The second-order valence-electron chi connectivity index (χ2n) is 8.67. The third kappa shape index (κ3) is 5.43. The first kappa shape index (κ1) is 24.3. The molecule has 0 spiro atoms. The normalized spacial score (nSPS) is 18.1. The highest BCUT2D eigenvalue weighted by molar-refractivity contribution is 7.12. The number of carbonyl (C=O) groups excluding carboxylic acids is 3. The molecule has 1 aromatic carbocycles. The van der Waals surface area contributed by atoms with Gasteiger partial charge in [-0.2, -0.15) is 13.2 Å². The van der Waals surface area contributed by atoms with E-state index in [1.54, 1.807) is 27.3 Å². The first-order valence-electron chi connectivity index (χ1n) is 11.3. The van der Waals surface area contributed by atoms with Crippen LogP contribution in [0.25, 0.3) is 0 Å². The number of piperidine rings is 1. The molecule has 1 N–H and O–H groups in total. The van der Waals surface area contributed by atoms with Gasteiger partial charge in [0.05, 0.1) is 10.4 Å². The molecule has 1 aromatic heterocycles. The van der Waals surface area contributed by atoms with Crippen LogP contribution in [0.2, 0.25) is 0 Å². The number of carbonyl (C=O) groups is 3. The summed E-state index contributed by atoms with van der Waals surface area (Å²) in [5.41, 5.74) is -0.602. The van der Waals surface area contributed by atoms with Crippen LogP contribution in [0.4, 0.5) is 13.2 Å². The number of rotatable bonds is 5. The second-order valence-corrected chi connectivity index (χ2v) is 9.61. The van der Waals surface area contributed by atoms with E-state index in [4.69, 9.17) is 0 Å². The maximum absolute atomic E-state index is 13.2. The average Bonchev–Trinajstić information content (AvgIpc) is 3.56. The van der Waals surface area contributed by atoms with Crippen molar-refractivity contribution in [1.82, 2.24) is 15.1 Å². The fourth-order valence-electron chi connectivity index (χ4n) is 4.56. The van der Waals surface area contributed by atoms with Crippen molar-refractivity contribution >= 4 is 29.1 Å². The molecule has 0 bridgehead atoms. The predicted octanol–water partition coefficient (Wildman–Crippen LogP) is 4.04. The van der Waals surface area contributed by atoms with Crippen molar-refractivity contribution in [2.45, 2.75) is 37.9 Å². The lowest BCUT2D eigenvalue weighted by Crippen LogP contribution is -2.54. The Morgan fingerprint density at radius 1 is 0.941 bits per heavy atom. The third-order valence-electron chi connectivity index (χ3n) is 6.47. The Labute approximate surface area is 199 Å². The Morgan fingerprint density at radius 3 is 2.15 bits per heavy atom. The molecule has 2 saturated heterocycles. The molecule has 0 radical (unpaired) electrons. The average molecular weight is 494 g/mol. The van der Waals surface area contributed by atoms with Crippen LogP contribution in [0.3, 0.4) is 0 Å². The summed E-state index contributed by atoms with van der Waals surface area (Å²) in [5, 5.41) is 4.74. The molecule has 182 valence electrons. The van der Waals surface area contributed by atoms with Crippen LogP contribution >= 0.6 is 11.3 Å². The van der Waals surface area contributed by atoms with E-state index in [9.17, 15) is 27.6 Å². The molecule has 34 heavy (non-hydrogen) atoms. The first-order chi connectivity index (χ1) is 16.2. The zero-order valence-electron chi connectivity index (χ0n) is 18.5. The van der Waals surface area contributed by atoms with Gasteiger partial charge in [-0.05, 0) is 67.3 Å². The Hall–Kier alpha value is -2.88. The van der Waals surface area contributed by atoms with Gasteiger partial charge in [0.1, 0.15) is 6.04 Å². The molecule has 0 saturated carbocycles. The van der Waals surface area contributed by atoms with Gasteiger partial charge in [0.15, 0.2) is 0 Å². The lowest BCUT2D eigenvalue weighted by atomic mass is 9.88. The van der Waals surface area contributed by atoms with E-state index in [1.807, 2.05) is 0 Å². The van der Waals surface area contributed by atoms with Crippen molar-refractivity contribution in [2.75, 3.05) is 26.2 Å². The highest BCUT2D eigenvalue weighted by Gasteiger charge is 2.37. The number of benzene rings is 1. The maximum atomic E-state index is 13.2. The minimum Gasteiger partial charge on any atom is -0.341 e. The number of hydrogen-bond donors (Lipinski definition) is 1. The predicted molar refractivity (Wildman–Crippen MR) is 121 cm³/mol. The molecule has 3 amide bonds. The van der Waals surface area contributed by atoms with Crippen LogP contribution in [-0.2, 0) is 11.0 Å². The van der Waals surface area contributed by atoms with E-state index in [-0.39, 0.29) is 29.2 Å². The third-order valence-corrected chi connectivity index (χ3v) is 7.34. The Balaban J connectivity index is 1.42. The fourth-order valence-corrected chi connectivity index (χ4v) is 5.18. The van der Waals surface area contributed by atoms with E-state index in [0.29, 0.717) is 43.9 Å². The second kappa shape index (κ2) is 10.2. The molecule has 10 heteroatoms. The quantitative estimate of drug-likeness (QED) is 0.684. The van der Waals surface area contributed by atoms with Crippen molar-refractivity contribution in [2.24, 2.45) is 5.92 Å². The molecule has 2 fully saturated rings. The number of likely N-dealkylation sites (tertiary alicyclic amines) is 2. The SMILES string of the molecule is O=C(N[C@@H](C(=O)N1CCCC1)C1CCN(C(=O)c2ccc(C(F)(F)F)cc2)CC1)c1cccs1. The van der Waals surface area contributed by atoms with E-state index in [0.717, 1.165) is 25.0 Å². The molecule has 0 aliphatic carbocycles. The number of thiophene rings is 1. The van der Waals surface area contributed by atoms with E-state index in [1.165, 1.54) is 23.5 Å². The largest absolute Gasteiger partial charge is 0.416 e. The number of hydrogen-bond acceptors (Lipinski definition) is 4. The molecule has 2 aliphatic heterocycles. The van der Waals surface area contributed by atoms with Crippen molar-refractivity contribution in [1.29, 1.82) is 0 Å². The van der Waals surface area contributed by atoms with Crippen molar-refractivity contribution in [3.63, 3.8) is 0 Å². The van der Waals surface area contributed by atoms with Crippen molar-refractivity contribution < 1.29 is 27.6 Å². The summed E-state index contributed by atoms with van der Waals surface area (Å²) in [6.07, 6.45) is -1.54. The van der Waals surface area contributed by atoms with Gasteiger partial charge in [-0.1, -0.05) is 6.07 Å². The molecule has 2 aliphatic rings. The molecular weight excluding hydrogens is 467 g/mol. The highest BCUT2D eigenvalue weighted by Crippen LogP contribution is 2.30. The Bertz CT molecular complexity index is 1010. The number of amides is 3. The van der Waals surface area contributed by atoms with Crippen LogP contribution in [0.15, 0.2) is 41.8 Å². The molecule has 0 unspecified atom stereocenters. The molecule has 4 rings (SSSR count). The molecule has 6 nitrogen and oxygen atoms in total. The summed E-state index contributed by atoms with van der Waals surface area (Å²) in [5.74, 6) is -0.836. The van der Waals surface area contributed by atoms with Gasteiger partial charge in [-0.15, -0.1) is 11.3 Å². The van der Waals surface area contributed by atoms with Crippen molar-refractivity contribution in [3.8, 4) is 0 Å².